The Balaban J connectivity index is 1.29. The fraction of sp³-hybridized carbons (Fsp3) is 0.630. The van der Waals surface area contributed by atoms with Crippen LogP contribution < -0.4 is 21.3 Å². The molecular weight excluding hydrogens is 1080 g/mol. The van der Waals surface area contributed by atoms with E-state index in [2.05, 4.69) is 21.3 Å². The summed E-state index contributed by atoms with van der Waals surface area (Å²) in [7, 11) is -5.00. The van der Waals surface area contributed by atoms with Crippen molar-refractivity contribution < 1.29 is 64.7 Å². The van der Waals surface area contributed by atoms with Crippen LogP contribution in [-0.2, 0) is 58.3 Å². The summed E-state index contributed by atoms with van der Waals surface area (Å²) in [5.74, 6) is -5.75. The van der Waals surface area contributed by atoms with Crippen molar-refractivity contribution in [2.24, 2.45) is 11.8 Å². The highest BCUT2D eigenvalue weighted by Gasteiger charge is 2.57. The van der Waals surface area contributed by atoms with Gasteiger partial charge in [0.25, 0.3) is 0 Å². The molecule has 4 fully saturated rings. The van der Waals surface area contributed by atoms with E-state index in [1.807, 2.05) is 0 Å². The molecule has 0 radical (unpaired) electrons. The van der Waals surface area contributed by atoms with Gasteiger partial charge in [-0.2, -0.15) is 8.61 Å². The van der Waals surface area contributed by atoms with E-state index < -0.39 is 139 Å². The summed E-state index contributed by atoms with van der Waals surface area (Å²) in [4.78, 5) is 118. The zero-order valence-corrected chi connectivity index (χ0v) is 49.5. The van der Waals surface area contributed by atoms with Gasteiger partial charge in [-0.15, -0.1) is 0 Å². The molecule has 0 bridgehead atoms. The number of sulfonamides is 2. The monoisotopic (exact) mass is 1160 g/mol. The highest BCUT2D eigenvalue weighted by molar-refractivity contribution is 7.88. The molecule has 4 saturated heterocycles. The van der Waals surface area contributed by atoms with Crippen molar-refractivity contribution in [3.63, 3.8) is 0 Å². The molecule has 2 aromatic rings. The third-order valence-electron chi connectivity index (χ3n) is 15.1. The maximum atomic E-state index is 15.1. The summed E-state index contributed by atoms with van der Waals surface area (Å²) in [6, 6.07) is 8.76. The number of ether oxygens (including phenoxy) is 2. The predicted molar refractivity (Wildman–Crippen MR) is 297 cm³/mol. The van der Waals surface area contributed by atoms with Gasteiger partial charge >= 0.3 is 12.2 Å². The molecular formula is C54H80N10O14S2. The Labute approximate surface area is 470 Å². The van der Waals surface area contributed by atoms with Gasteiger partial charge in [0.15, 0.2) is 0 Å². The number of likely N-dealkylation sites (tertiary alicyclic amines) is 2. The Morgan fingerprint density at radius 2 is 0.900 bits per heavy atom. The topological polar surface area (TPSA) is 291 Å². The quantitative estimate of drug-likeness (QED) is 0.147. The zero-order valence-electron chi connectivity index (χ0n) is 47.8. The Morgan fingerprint density at radius 3 is 1.20 bits per heavy atom. The summed E-state index contributed by atoms with van der Waals surface area (Å²) in [6.07, 6.45) is 0.934. The highest BCUT2D eigenvalue weighted by Crippen LogP contribution is 2.40. The summed E-state index contributed by atoms with van der Waals surface area (Å²) in [6.45, 7) is 12.6. The van der Waals surface area contributed by atoms with Crippen molar-refractivity contribution >= 4 is 79.1 Å². The number of unbranched alkanes of at least 4 members (excludes halogenated alkanes) is 1. The number of likely N-dealkylation sites (N-methyl/N-ethyl adjacent to an activating group) is 2. The molecule has 4 N–H and O–H groups in total. The predicted octanol–water partition coefficient (Wildman–Crippen LogP) is 3.03. The Morgan fingerprint density at radius 1 is 0.575 bits per heavy atom. The minimum atomic E-state index is -3.87. The first-order valence-electron chi connectivity index (χ1n) is 27.0. The fourth-order valence-corrected chi connectivity index (χ4v) is 13.2. The van der Waals surface area contributed by atoms with Crippen LogP contribution in [0.15, 0.2) is 60.7 Å². The van der Waals surface area contributed by atoms with Crippen molar-refractivity contribution in [2.75, 3.05) is 63.4 Å². The van der Waals surface area contributed by atoms with E-state index in [0.29, 0.717) is 11.4 Å². The average Bonchev–Trinajstić information content (AvgIpc) is 4.36. The lowest BCUT2D eigenvalue weighted by Crippen LogP contribution is -2.57. The van der Waals surface area contributed by atoms with Crippen LogP contribution in [0.4, 0.5) is 21.0 Å². The first-order valence-corrected chi connectivity index (χ1v) is 30.7. The standard InChI is InChI=1S/C54H80N10O14S2/c1-33(59(9)51(71)77-53(3,4)5)45(65)57-39(49(69)61-29-27-41-43(61)37(31-63(41)79(11,73)74)47(67)55-35-21-15-13-16-22-35)25-19-20-26-40(58-46(66)34(2)60(10)52(72)78-54(6,7)8)50(70)62-30-28-42-44(62)38(32-64(42)80(12,75)76)48(68)56-36-23-17-14-18-24-36/h13-18,21-24,33-34,37-44H,19-20,25-32H2,1-12H3,(H,55,67)(H,56,68)(H,57,65)(H,58,66)/t33-,34-,37-,38-,39-,40-,41+,42+,43+,44+/m0/s1. The van der Waals surface area contributed by atoms with Gasteiger partial charge in [0.05, 0.1) is 36.4 Å². The van der Waals surface area contributed by atoms with Crippen LogP contribution in [-0.4, -0.2) is 205 Å². The fourth-order valence-electron chi connectivity index (χ4n) is 10.9. The molecule has 4 aliphatic heterocycles. The van der Waals surface area contributed by atoms with E-state index in [9.17, 15) is 45.6 Å². The maximum absolute atomic E-state index is 15.1. The third kappa shape index (κ3) is 15.3. The van der Waals surface area contributed by atoms with Crippen LogP contribution in [0.2, 0.25) is 0 Å². The Hall–Kier alpha value is -6.38. The molecule has 4 heterocycles. The molecule has 2 aromatic carbocycles. The number of rotatable bonds is 19. The number of carbonyl (C=O) groups excluding carboxylic acids is 8. The number of anilines is 2. The van der Waals surface area contributed by atoms with Gasteiger partial charge in [-0.1, -0.05) is 49.2 Å². The molecule has 0 aliphatic carbocycles. The number of nitrogens with one attached hydrogen (secondary N) is 4. The number of nitrogens with zero attached hydrogens (tertiary/aromatic N) is 6. The van der Waals surface area contributed by atoms with Crippen LogP contribution in [0.3, 0.4) is 0 Å². The summed E-state index contributed by atoms with van der Waals surface area (Å²) in [5.41, 5.74) is -0.870. The molecule has 24 nitrogen and oxygen atoms in total. The normalized spacial score (nSPS) is 22.9. The van der Waals surface area contributed by atoms with E-state index in [1.54, 1.807) is 102 Å². The smallest absolute Gasteiger partial charge is 0.410 e. The van der Waals surface area contributed by atoms with Gasteiger partial charge in [-0.25, -0.2) is 26.4 Å². The van der Waals surface area contributed by atoms with Crippen molar-refractivity contribution in [3.8, 4) is 0 Å². The number of hydrogen-bond acceptors (Lipinski definition) is 14. The lowest BCUT2D eigenvalue weighted by atomic mass is 9.96. The molecule has 0 unspecified atom stereocenters. The molecule has 26 heteroatoms. The molecule has 8 amide bonds. The number of hydrogen-bond donors (Lipinski definition) is 4. The highest BCUT2D eigenvalue weighted by atomic mass is 32.2. The second-order valence-corrected chi connectivity index (χ2v) is 27.2. The van der Waals surface area contributed by atoms with Crippen LogP contribution in [0.25, 0.3) is 0 Å². The summed E-state index contributed by atoms with van der Waals surface area (Å²) >= 11 is 0. The number of carbonyl (C=O) groups is 8. The Kier molecular flexibility index (Phi) is 19.8. The molecule has 6 rings (SSSR count). The van der Waals surface area contributed by atoms with Crippen molar-refractivity contribution in [1.29, 1.82) is 0 Å². The Bertz CT molecular complexity index is 2660. The van der Waals surface area contributed by atoms with Crippen molar-refractivity contribution in [2.45, 2.75) is 153 Å². The SMILES string of the molecule is C[C@@H](C(=O)N[C@@H](CCCC[C@H](NC(=O)[C@H](C)N(C)C(=O)OC(C)(C)C)C(=O)N1CC[C@@H]2[C@H]1[C@@H](C(=O)Nc1ccccc1)CN2S(C)(=O)=O)C(=O)N1CC[C@@H]2[C@H]1[C@@H](C(=O)Nc1ccccc1)CN2S(C)(=O)=O)N(C)C(=O)OC(C)(C)C. The molecule has 4 aliphatic rings. The third-order valence-corrected chi connectivity index (χ3v) is 17.6. The van der Waals surface area contributed by atoms with Crippen LogP contribution >= 0.6 is 0 Å². The second-order valence-electron chi connectivity index (χ2n) is 23.3. The lowest BCUT2D eigenvalue weighted by molar-refractivity contribution is -0.140. The van der Waals surface area contributed by atoms with Crippen molar-refractivity contribution in [1.82, 2.24) is 38.8 Å². The molecule has 80 heavy (non-hydrogen) atoms. The summed E-state index contributed by atoms with van der Waals surface area (Å²) < 4.78 is 66.3. The molecule has 0 saturated carbocycles. The first-order chi connectivity index (χ1) is 37.2. The minimum Gasteiger partial charge on any atom is -0.444 e. The largest absolute Gasteiger partial charge is 0.444 e. The summed E-state index contributed by atoms with van der Waals surface area (Å²) in [5, 5.41) is 11.3. The molecule has 0 spiro atoms. The average molecular weight is 1160 g/mol. The van der Waals surface area contributed by atoms with E-state index >= 15 is 9.59 Å². The van der Waals surface area contributed by atoms with Crippen LogP contribution in [0.1, 0.15) is 93.9 Å². The van der Waals surface area contributed by atoms with E-state index in [-0.39, 0.29) is 64.7 Å². The van der Waals surface area contributed by atoms with Gasteiger partial charge in [0.2, 0.25) is 55.5 Å². The first kappa shape index (κ1) is 62.8. The number of amides is 8. The van der Waals surface area contributed by atoms with Gasteiger partial charge in [-0.3, -0.25) is 38.6 Å². The van der Waals surface area contributed by atoms with Crippen LogP contribution in [0, 0.1) is 11.8 Å². The van der Waals surface area contributed by atoms with Gasteiger partial charge in [0, 0.05) is 63.7 Å². The number of fused-ring (bicyclic) bond motifs is 2. The van der Waals surface area contributed by atoms with Crippen molar-refractivity contribution in [3.05, 3.63) is 60.7 Å². The number of benzene rings is 2. The maximum Gasteiger partial charge on any atom is 0.410 e. The lowest BCUT2D eigenvalue weighted by Gasteiger charge is -2.33. The van der Waals surface area contributed by atoms with E-state index in [0.717, 1.165) is 22.3 Å². The van der Waals surface area contributed by atoms with E-state index in [1.165, 1.54) is 46.4 Å². The zero-order chi connectivity index (χ0) is 59.4. The number of para-hydroxylation sites is 2. The second kappa shape index (κ2) is 25.2. The minimum absolute atomic E-state index is 0.0344. The van der Waals surface area contributed by atoms with E-state index in [4.69, 9.17) is 9.47 Å². The molecule has 10 atom stereocenters. The van der Waals surface area contributed by atoms with Crippen LogP contribution in [0.5, 0.6) is 0 Å². The van der Waals surface area contributed by atoms with Gasteiger partial charge in [0.1, 0.15) is 35.4 Å². The van der Waals surface area contributed by atoms with Gasteiger partial charge < -0.3 is 40.5 Å². The molecule has 0 aromatic heterocycles. The van der Waals surface area contributed by atoms with Gasteiger partial charge in [-0.05, 0) is 105 Å². The molecule has 442 valence electrons.